The van der Waals surface area contributed by atoms with Crippen molar-refractivity contribution in [1.82, 2.24) is 10.3 Å². The molecule has 2 N–H and O–H groups in total. The lowest BCUT2D eigenvalue weighted by Gasteiger charge is -2.29. The first-order valence-electron chi connectivity index (χ1n) is 6.93. The summed E-state index contributed by atoms with van der Waals surface area (Å²) in [5, 5.41) is 12.4. The summed E-state index contributed by atoms with van der Waals surface area (Å²) in [5.74, 6) is 0.0189. The first kappa shape index (κ1) is 15.6. The van der Waals surface area contributed by atoms with Gasteiger partial charge in [0.05, 0.1) is 6.61 Å². The zero-order valence-electron chi connectivity index (χ0n) is 11.9. The van der Waals surface area contributed by atoms with Crippen LogP contribution in [0, 0.1) is 5.41 Å². The number of aliphatic hydroxyl groups is 1. The number of amides is 1. The second-order valence-electron chi connectivity index (χ2n) is 4.96. The second kappa shape index (κ2) is 7.89. The van der Waals surface area contributed by atoms with Crippen LogP contribution in [0.5, 0.6) is 0 Å². The van der Waals surface area contributed by atoms with E-state index in [1.807, 2.05) is 32.0 Å². The Balaban J connectivity index is 2.35. The lowest BCUT2D eigenvalue weighted by Crippen LogP contribution is -2.39. The van der Waals surface area contributed by atoms with Crippen LogP contribution in [0.4, 0.5) is 0 Å². The number of aromatic nitrogens is 1. The Morgan fingerprint density at radius 1 is 1.37 bits per heavy atom. The normalized spacial score (nSPS) is 11.3. The smallest absolute Gasteiger partial charge is 0.220 e. The van der Waals surface area contributed by atoms with Crippen molar-refractivity contribution >= 4 is 5.91 Å². The van der Waals surface area contributed by atoms with Crippen LogP contribution in [-0.2, 0) is 11.2 Å². The summed E-state index contributed by atoms with van der Waals surface area (Å²) >= 11 is 0. The van der Waals surface area contributed by atoms with Gasteiger partial charge in [0, 0.05) is 30.3 Å². The number of rotatable bonds is 8. The van der Waals surface area contributed by atoms with E-state index in [-0.39, 0.29) is 17.9 Å². The average molecular weight is 264 g/mol. The van der Waals surface area contributed by atoms with Gasteiger partial charge in [-0.3, -0.25) is 9.78 Å². The number of carbonyl (C=O) groups is 1. The van der Waals surface area contributed by atoms with Gasteiger partial charge in [0.25, 0.3) is 0 Å². The number of aliphatic hydroxyl groups excluding tert-OH is 1. The summed E-state index contributed by atoms with van der Waals surface area (Å²) in [7, 11) is 0. The Morgan fingerprint density at radius 2 is 2.11 bits per heavy atom. The van der Waals surface area contributed by atoms with Gasteiger partial charge in [-0.15, -0.1) is 0 Å². The highest BCUT2D eigenvalue weighted by Gasteiger charge is 2.25. The fraction of sp³-hybridized carbons (Fsp3) is 0.600. The van der Waals surface area contributed by atoms with Gasteiger partial charge in [-0.05, 0) is 31.4 Å². The largest absolute Gasteiger partial charge is 0.396 e. The monoisotopic (exact) mass is 264 g/mol. The van der Waals surface area contributed by atoms with Crippen molar-refractivity contribution in [2.24, 2.45) is 5.41 Å². The van der Waals surface area contributed by atoms with E-state index in [2.05, 4.69) is 10.3 Å². The molecule has 106 valence electrons. The molecule has 0 atom stereocenters. The maximum absolute atomic E-state index is 11.8. The number of hydrogen-bond acceptors (Lipinski definition) is 3. The van der Waals surface area contributed by atoms with E-state index in [1.165, 1.54) is 0 Å². The van der Waals surface area contributed by atoms with Gasteiger partial charge in [0.2, 0.25) is 5.91 Å². The first-order valence-corrected chi connectivity index (χ1v) is 6.93. The Hall–Kier alpha value is -1.42. The summed E-state index contributed by atoms with van der Waals surface area (Å²) in [6.07, 6.45) is 4.54. The summed E-state index contributed by atoms with van der Waals surface area (Å²) in [6, 6.07) is 5.70. The van der Waals surface area contributed by atoms with Crippen molar-refractivity contribution < 1.29 is 9.90 Å². The molecule has 0 aromatic carbocycles. The Morgan fingerprint density at radius 3 is 2.63 bits per heavy atom. The van der Waals surface area contributed by atoms with E-state index in [4.69, 9.17) is 0 Å². The van der Waals surface area contributed by atoms with Crippen molar-refractivity contribution in [2.45, 2.75) is 39.5 Å². The SMILES string of the molecule is CCC(CC)(CO)CNC(=O)CCc1ccccn1. The molecule has 19 heavy (non-hydrogen) atoms. The molecule has 0 unspecified atom stereocenters. The second-order valence-corrected chi connectivity index (χ2v) is 4.96. The third-order valence-electron chi connectivity index (χ3n) is 3.83. The number of nitrogens with zero attached hydrogens (tertiary/aromatic N) is 1. The average Bonchev–Trinajstić information content (AvgIpc) is 2.48. The number of hydrogen-bond donors (Lipinski definition) is 2. The number of carbonyl (C=O) groups excluding carboxylic acids is 1. The van der Waals surface area contributed by atoms with Crippen LogP contribution in [0.1, 0.15) is 38.8 Å². The standard InChI is InChI=1S/C15H24N2O2/c1-3-15(4-2,12-18)11-17-14(19)9-8-13-7-5-6-10-16-13/h5-7,10,18H,3-4,8-9,11-12H2,1-2H3,(H,17,19). The molecule has 0 fully saturated rings. The van der Waals surface area contributed by atoms with E-state index >= 15 is 0 Å². The number of aryl methyl sites for hydroxylation is 1. The van der Waals surface area contributed by atoms with Crippen LogP contribution in [-0.4, -0.2) is 29.1 Å². The minimum atomic E-state index is -0.180. The molecule has 1 aromatic rings. The van der Waals surface area contributed by atoms with Crippen molar-refractivity contribution in [1.29, 1.82) is 0 Å². The van der Waals surface area contributed by atoms with Gasteiger partial charge in [-0.1, -0.05) is 19.9 Å². The topological polar surface area (TPSA) is 62.2 Å². The lowest BCUT2D eigenvalue weighted by atomic mass is 9.83. The Labute approximate surface area is 115 Å². The van der Waals surface area contributed by atoms with Gasteiger partial charge in [-0.25, -0.2) is 0 Å². The maximum Gasteiger partial charge on any atom is 0.220 e. The molecule has 0 saturated heterocycles. The molecule has 1 amide bonds. The molecule has 4 nitrogen and oxygen atoms in total. The van der Waals surface area contributed by atoms with E-state index in [1.54, 1.807) is 6.20 Å². The van der Waals surface area contributed by atoms with Crippen molar-refractivity contribution in [3.8, 4) is 0 Å². The molecule has 1 aromatic heterocycles. The zero-order chi connectivity index (χ0) is 14.1. The summed E-state index contributed by atoms with van der Waals surface area (Å²) < 4.78 is 0. The molecule has 0 bridgehead atoms. The molecule has 1 rings (SSSR count). The molecule has 0 aliphatic carbocycles. The lowest BCUT2D eigenvalue weighted by molar-refractivity contribution is -0.121. The van der Waals surface area contributed by atoms with Crippen LogP contribution in [0.2, 0.25) is 0 Å². The zero-order valence-corrected chi connectivity index (χ0v) is 11.9. The van der Waals surface area contributed by atoms with Gasteiger partial charge in [0.15, 0.2) is 0 Å². The van der Waals surface area contributed by atoms with Crippen molar-refractivity contribution in [3.63, 3.8) is 0 Å². The minimum Gasteiger partial charge on any atom is -0.396 e. The van der Waals surface area contributed by atoms with E-state index < -0.39 is 0 Å². The summed E-state index contributed by atoms with van der Waals surface area (Å²) in [6.45, 7) is 4.73. The molecule has 4 heteroatoms. The molecule has 0 saturated carbocycles. The maximum atomic E-state index is 11.8. The third-order valence-corrected chi connectivity index (χ3v) is 3.83. The number of nitrogens with one attached hydrogen (secondary N) is 1. The molecule has 0 aliphatic heterocycles. The summed E-state index contributed by atoms with van der Waals surface area (Å²) in [5.41, 5.74) is 0.748. The quantitative estimate of drug-likeness (QED) is 0.754. The highest BCUT2D eigenvalue weighted by molar-refractivity contribution is 5.76. The van der Waals surface area contributed by atoms with Gasteiger partial charge in [-0.2, -0.15) is 0 Å². The van der Waals surface area contributed by atoms with Crippen molar-refractivity contribution in [2.75, 3.05) is 13.2 Å². The van der Waals surface area contributed by atoms with E-state index in [9.17, 15) is 9.90 Å². The van der Waals surface area contributed by atoms with Crippen LogP contribution >= 0.6 is 0 Å². The minimum absolute atomic E-state index is 0.0189. The first-order chi connectivity index (χ1) is 9.15. The van der Waals surface area contributed by atoms with Gasteiger partial charge in [0.1, 0.15) is 0 Å². The molecule has 0 aliphatic rings. The highest BCUT2D eigenvalue weighted by Crippen LogP contribution is 2.24. The van der Waals surface area contributed by atoms with Crippen LogP contribution in [0.15, 0.2) is 24.4 Å². The molecule has 0 spiro atoms. The highest BCUT2D eigenvalue weighted by atomic mass is 16.3. The van der Waals surface area contributed by atoms with Crippen molar-refractivity contribution in [3.05, 3.63) is 30.1 Å². The third kappa shape index (κ3) is 4.99. The Kier molecular flexibility index (Phi) is 6.50. The molecule has 1 heterocycles. The fourth-order valence-electron chi connectivity index (χ4n) is 1.94. The van der Waals surface area contributed by atoms with Crippen LogP contribution in [0.3, 0.4) is 0 Å². The molecular weight excluding hydrogens is 240 g/mol. The van der Waals surface area contributed by atoms with Gasteiger partial charge < -0.3 is 10.4 Å². The van der Waals surface area contributed by atoms with Crippen LogP contribution < -0.4 is 5.32 Å². The van der Waals surface area contributed by atoms with Gasteiger partial charge >= 0.3 is 0 Å². The molecule has 0 radical (unpaired) electrons. The Bertz CT molecular complexity index is 367. The predicted octanol–water partition coefficient (Wildman–Crippen LogP) is 1.93. The predicted molar refractivity (Wildman–Crippen MR) is 75.7 cm³/mol. The van der Waals surface area contributed by atoms with E-state index in [0.29, 0.717) is 19.4 Å². The van der Waals surface area contributed by atoms with E-state index in [0.717, 1.165) is 18.5 Å². The van der Waals surface area contributed by atoms with Crippen LogP contribution in [0.25, 0.3) is 0 Å². The fourth-order valence-corrected chi connectivity index (χ4v) is 1.94. The summed E-state index contributed by atoms with van der Waals surface area (Å²) in [4.78, 5) is 16.0. The molecular formula is C15H24N2O2. The number of pyridine rings is 1.